The van der Waals surface area contributed by atoms with Crippen molar-refractivity contribution in [1.82, 2.24) is 5.32 Å². The van der Waals surface area contributed by atoms with E-state index < -0.39 is 17.6 Å². The van der Waals surface area contributed by atoms with Crippen LogP contribution in [-0.2, 0) is 4.79 Å². The lowest BCUT2D eigenvalue weighted by atomic mass is 10.1. The van der Waals surface area contributed by atoms with E-state index in [0.29, 0.717) is 15.3 Å². The minimum atomic E-state index is -0.715. The molecular weight excluding hydrogens is 303 g/mol. The Labute approximate surface area is 121 Å². The second kappa shape index (κ2) is 4.50. The van der Waals surface area contributed by atoms with Crippen LogP contribution in [0.2, 0.25) is 5.02 Å². The molecule has 0 spiro atoms. The maximum absolute atomic E-state index is 13.1. The van der Waals surface area contributed by atoms with E-state index in [2.05, 4.69) is 5.32 Å². The monoisotopic (exact) mass is 308 g/mol. The van der Waals surface area contributed by atoms with Crippen LogP contribution >= 0.6 is 22.9 Å². The molecule has 0 radical (unpaired) electrons. The summed E-state index contributed by atoms with van der Waals surface area (Å²) < 4.78 is 13.1. The number of hydrogen-bond acceptors (Lipinski definition) is 4. The van der Waals surface area contributed by atoms with E-state index in [1.165, 1.54) is 18.2 Å². The number of carbonyl (C=O) groups excluding carboxylic acids is 2. The van der Waals surface area contributed by atoms with Gasteiger partial charge in [0.05, 0.1) is 15.5 Å². The van der Waals surface area contributed by atoms with Crippen molar-refractivity contribution in [3.63, 3.8) is 0 Å². The first-order chi connectivity index (χ1) is 9.47. The van der Waals surface area contributed by atoms with Gasteiger partial charge in [-0.3, -0.25) is 20.3 Å². The van der Waals surface area contributed by atoms with Crippen molar-refractivity contribution in [3.05, 3.63) is 45.5 Å². The molecule has 0 saturated heterocycles. The van der Waals surface area contributed by atoms with E-state index in [1.807, 2.05) is 0 Å². The van der Waals surface area contributed by atoms with Crippen LogP contribution in [0.1, 0.15) is 15.2 Å². The zero-order valence-corrected chi connectivity index (χ0v) is 11.4. The Morgan fingerprint density at radius 3 is 2.65 bits per heavy atom. The van der Waals surface area contributed by atoms with E-state index in [-0.39, 0.29) is 16.3 Å². The number of thiophene rings is 1. The first-order valence-electron chi connectivity index (χ1n) is 5.51. The number of imide groups is 1. The summed E-state index contributed by atoms with van der Waals surface area (Å²) in [5.74, 6) is -1.78. The van der Waals surface area contributed by atoms with Gasteiger partial charge in [0.15, 0.2) is 0 Å². The second-order valence-corrected chi connectivity index (χ2v) is 5.60. The molecule has 100 valence electrons. The van der Waals surface area contributed by atoms with Gasteiger partial charge in [0.1, 0.15) is 11.5 Å². The van der Waals surface area contributed by atoms with Crippen molar-refractivity contribution in [1.29, 1.82) is 5.41 Å². The number of benzene rings is 1. The number of halogens is 2. The predicted octanol–water partition coefficient (Wildman–Crippen LogP) is 2.85. The van der Waals surface area contributed by atoms with Crippen LogP contribution in [-0.4, -0.2) is 17.5 Å². The molecule has 4 nitrogen and oxygen atoms in total. The average molecular weight is 309 g/mol. The van der Waals surface area contributed by atoms with E-state index in [9.17, 15) is 14.0 Å². The number of fused-ring (bicyclic) bond motifs is 1. The van der Waals surface area contributed by atoms with E-state index in [0.717, 1.165) is 11.3 Å². The predicted molar refractivity (Wildman–Crippen MR) is 74.0 cm³/mol. The van der Waals surface area contributed by atoms with Crippen LogP contribution in [0.15, 0.2) is 24.3 Å². The van der Waals surface area contributed by atoms with Crippen LogP contribution in [0.3, 0.4) is 0 Å². The van der Waals surface area contributed by atoms with Crippen molar-refractivity contribution in [2.24, 2.45) is 0 Å². The van der Waals surface area contributed by atoms with Gasteiger partial charge in [-0.25, -0.2) is 4.39 Å². The SMILES string of the molecule is N=C1C(=O)NC(=O)c2cc(-c3ccc(F)c(Cl)c3)sc21. The van der Waals surface area contributed by atoms with Crippen molar-refractivity contribution in [2.45, 2.75) is 0 Å². The highest BCUT2D eigenvalue weighted by Gasteiger charge is 2.30. The van der Waals surface area contributed by atoms with Crippen molar-refractivity contribution in [3.8, 4) is 10.4 Å². The van der Waals surface area contributed by atoms with Gasteiger partial charge in [-0.05, 0) is 23.8 Å². The standard InChI is InChI=1S/C13H6ClFN2O2S/c14-7-3-5(1-2-8(7)15)9-4-6-11(20-9)10(16)13(19)17-12(6)18/h1-4,16H,(H,17,18,19). The Morgan fingerprint density at radius 2 is 1.95 bits per heavy atom. The average Bonchev–Trinajstić information content (AvgIpc) is 2.85. The largest absolute Gasteiger partial charge is 0.294 e. The van der Waals surface area contributed by atoms with Crippen molar-refractivity contribution < 1.29 is 14.0 Å². The first kappa shape index (κ1) is 13.0. The molecule has 20 heavy (non-hydrogen) atoms. The Kier molecular flexibility index (Phi) is 2.92. The van der Waals surface area contributed by atoms with E-state index in [1.54, 1.807) is 6.07 Å². The molecule has 0 unspecified atom stereocenters. The molecule has 1 aromatic carbocycles. The zero-order valence-electron chi connectivity index (χ0n) is 9.79. The number of carbonyl (C=O) groups is 2. The molecule has 0 saturated carbocycles. The molecule has 2 N–H and O–H groups in total. The highest BCUT2D eigenvalue weighted by atomic mass is 35.5. The Balaban J connectivity index is 2.14. The smallest absolute Gasteiger partial charge is 0.277 e. The molecule has 0 bridgehead atoms. The molecule has 2 heterocycles. The highest BCUT2D eigenvalue weighted by molar-refractivity contribution is 7.18. The fourth-order valence-corrected chi connectivity index (χ4v) is 3.15. The van der Waals surface area contributed by atoms with Gasteiger partial charge in [0.2, 0.25) is 0 Å². The van der Waals surface area contributed by atoms with Crippen LogP contribution < -0.4 is 5.32 Å². The summed E-state index contributed by atoms with van der Waals surface area (Å²) in [6, 6.07) is 5.77. The van der Waals surface area contributed by atoms with Crippen LogP contribution in [0.5, 0.6) is 0 Å². The normalized spacial score (nSPS) is 14.2. The fraction of sp³-hybridized carbons (Fsp3) is 0. The molecule has 2 aromatic rings. The molecule has 3 rings (SSSR count). The third kappa shape index (κ3) is 1.93. The summed E-state index contributed by atoms with van der Waals surface area (Å²) >= 11 is 6.86. The Bertz CT molecular complexity index is 785. The molecule has 0 atom stereocenters. The van der Waals surface area contributed by atoms with Crippen molar-refractivity contribution in [2.75, 3.05) is 0 Å². The lowest BCUT2D eigenvalue weighted by Crippen LogP contribution is -2.41. The number of amides is 2. The van der Waals surface area contributed by atoms with Gasteiger partial charge < -0.3 is 0 Å². The number of rotatable bonds is 1. The summed E-state index contributed by atoms with van der Waals surface area (Å²) in [4.78, 5) is 24.0. The summed E-state index contributed by atoms with van der Waals surface area (Å²) in [5, 5.41) is 9.74. The number of nitrogens with one attached hydrogen (secondary N) is 2. The maximum atomic E-state index is 13.1. The summed E-state index contributed by atoms with van der Waals surface area (Å²) in [6.45, 7) is 0. The molecule has 7 heteroatoms. The van der Waals surface area contributed by atoms with Gasteiger partial charge in [0.25, 0.3) is 11.8 Å². The third-order valence-corrected chi connectivity index (χ3v) is 4.35. The van der Waals surface area contributed by atoms with Crippen LogP contribution in [0.4, 0.5) is 4.39 Å². The molecule has 0 fully saturated rings. The van der Waals surface area contributed by atoms with Crippen LogP contribution in [0.25, 0.3) is 10.4 Å². The quantitative estimate of drug-likeness (QED) is 0.795. The summed E-state index contributed by atoms with van der Waals surface area (Å²) in [6.07, 6.45) is 0. The molecule has 1 aliphatic heterocycles. The van der Waals surface area contributed by atoms with Gasteiger partial charge >= 0.3 is 0 Å². The highest BCUT2D eigenvalue weighted by Crippen LogP contribution is 2.34. The minimum absolute atomic E-state index is 0.0236. The van der Waals surface area contributed by atoms with Crippen LogP contribution in [0, 0.1) is 11.2 Å². The second-order valence-electron chi connectivity index (χ2n) is 4.14. The van der Waals surface area contributed by atoms with E-state index >= 15 is 0 Å². The number of hydrogen-bond donors (Lipinski definition) is 2. The first-order valence-corrected chi connectivity index (χ1v) is 6.70. The summed E-state index contributed by atoms with van der Waals surface area (Å²) in [7, 11) is 0. The molecule has 1 aliphatic rings. The zero-order chi connectivity index (χ0) is 14.4. The fourth-order valence-electron chi connectivity index (χ4n) is 1.87. The molecule has 2 amide bonds. The van der Waals surface area contributed by atoms with Gasteiger partial charge in [0, 0.05) is 4.88 Å². The maximum Gasteiger partial charge on any atom is 0.277 e. The lowest BCUT2D eigenvalue weighted by Gasteiger charge is -2.10. The Morgan fingerprint density at radius 1 is 1.20 bits per heavy atom. The summed E-state index contributed by atoms with van der Waals surface area (Å²) in [5.41, 5.74) is 0.656. The van der Waals surface area contributed by atoms with E-state index in [4.69, 9.17) is 17.0 Å². The van der Waals surface area contributed by atoms with Gasteiger partial charge in [-0.2, -0.15) is 0 Å². The Hall–Kier alpha value is -2.05. The van der Waals surface area contributed by atoms with Gasteiger partial charge in [-0.15, -0.1) is 11.3 Å². The van der Waals surface area contributed by atoms with Crippen molar-refractivity contribution >= 4 is 40.5 Å². The minimum Gasteiger partial charge on any atom is -0.294 e. The lowest BCUT2D eigenvalue weighted by molar-refractivity contribution is -0.114. The molecule has 0 aliphatic carbocycles. The molecular formula is C13H6ClFN2O2S. The third-order valence-electron chi connectivity index (χ3n) is 2.86. The topological polar surface area (TPSA) is 70.0 Å². The van der Waals surface area contributed by atoms with Gasteiger partial charge in [-0.1, -0.05) is 17.7 Å². The molecule has 1 aromatic heterocycles.